The maximum Gasteiger partial charge on any atom is 0.308 e. The molecule has 0 bridgehead atoms. The van der Waals surface area contributed by atoms with Crippen molar-refractivity contribution in [2.24, 2.45) is 5.92 Å². The van der Waals surface area contributed by atoms with E-state index >= 15 is 0 Å². The van der Waals surface area contributed by atoms with E-state index in [2.05, 4.69) is 10.2 Å². The Kier molecular flexibility index (Phi) is 4.49. The fraction of sp³-hybridized carbons (Fsp3) is 0.450. The lowest BCUT2D eigenvalue weighted by Gasteiger charge is -2.32. The van der Waals surface area contributed by atoms with Crippen LogP contribution in [-0.4, -0.2) is 43.1 Å². The first-order chi connectivity index (χ1) is 12.7. The predicted molar refractivity (Wildman–Crippen MR) is 99.2 cm³/mol. The summed E-state index contributed by atoms with van der Waals surface area (Å²) in [5.74, 6) is 0.583. The second kappa shape index (κ2) is 6.94. The molecule has 1 aromatic heterocycles. The number of carbonyl (C=O) groups is 2. The molecule has 1 N–H and O–H groups in total. The topological polar surface area (TPSA) is 71.5 Å². The van der Waals surface area contributed by atoms with Crippen molar-refractivity contribution in [3.63, 3.8) is 0 Å². The zero-order valence-electron chi connectivity index (χ0n) is 14.9. The van der Waals surface area contributed by atoms with Crippen molar-refractivity contribution in [2.75, 3.05) is 25.1 Å². The summed E-state index contributed by atoms with van der Waals surface area (Å²) >= 11 is 0. The SMILES string of the molecule is COC(=O)C1CCN(c2cc(C(=O)NC3CC3)c3ccccc3n2)CC1. The minimum atomic E-state index is -0.138. The lowest BCUT2D eigenvalue weighted by molar-refractivity contribution is -0.146. The molecule has 1 saturated heterocycles. The summed E-state index contributed by atoms with van der Waals surface area (Å²) in [5, 5.41) is 3.95. The van der Waals surface area contributed by atoms with Gasteiger partial charge < -0.3 is 15.0 Å². The van der Waals surface area contributed by atoms with Gasteiger partial charge in [0.15, 0.2) is 0 Å². The third-order valence-corrected chi connectivity index (χ3v) is 5.21. The van der Waals surface area contributed by atoms with Crippen LogP contribution < -0.4 is 10.2 Å². The van der Waals surface area contributed by atoms with Crippen LogP contribution in [0.25, 0.3) is 10.9 Å². The number of hydrogen-bond donors (Lipinski definition) is 1. The Labute approximate surface area is 152 Å². The molecule has 136 valence electrons. The first kappa shape index (κ1) is 16.8. The van der Waals surface area contributed by atoms with E-state index in [0.717, 1.165) is 55.5 Å². The van der Waals surface area contributed by atoms with Crippen molar-refractivity contribution in [1.29, 1.82) is 0 Å². The average molecular weight is 353 g/mol. The molecule has 2 aromatic rings. The number of nitrogens with one attached hydrogen (secondary N) is 1. The molecule has 26 heavy (non-hydrogen) atoms. The number of nitrogens with zero attached hydrogens (tertiary/aromatic N) is 2. The Bertz CT molecular complexity index is 839. The van der Waals surface area contributed by atoms with E-state index in [1.54, 1.807) is 0 Å². The molecule has 1 amide bonds. The summed E-state index contributed by atoms with van der Waals surface area (Å²) < 4.78 is 4.86. The zero-order chi connectivity index (χ0) is 18.1. The van der Waals surface area contributed by atoms with Crippen LogP contribution in [0.15, 0.2) is 30.3 Å². The number of amides is 1. The van der Waals surface area contributed by atoms with Crippen molar-refractivity contribution in [3.05, 3.63) is 35.9 Å². The van der Waals surface area contributed by atoms with Crippen LogP contribution in [0.2, 0.25) is 0 Å². The van der Waals surface area contributed by atoms with Gasteiger partial charge in [0.25, 0.3) is 5.91 Å². The van der Waals surface area contributed by atoms with Gasteiger partial charge in [0.1, 0.15) is 5.82 Å². The summed E-state index contributed by atoms with van der Waals surface area (Å²) in [5.41, 5.74) is 1.49. The molecular formula is C20H23N3O3. The molecule has 2 fully saturated rings. The minimum Gasteiger partial charge on any atom is -0.469 e. The zero-order valence-corrected chi connectivity index (χ0v) is 14.9. The lowest BCUT2D eigenvalue weighted by Crippen LogP contribution is -2.37. The molecule has 0 unspecified atom stereocenters. The number of esters is 1. The molecule has 2 aliphatic rings. The molecular weight excluding hydrogens is 330 g/mol. The number of carbonyl (C=O) groups excluding carboxylic acids is 2. The number of aromatic nitrogens is 1. The van der Waals surface area contributed by atoms with Crippen LogP contribution >= 0.6 is 0 Å². The smallest absolute Gasteiger partial charge is 0.308 e. The highest BCUT2D eigenvalue weighted by Crippen LogP contribution is 2.28. The highest BCUT2D eigenvalue weighted by Gasteiger charge is 2.28. The standard InChI is InChI=1S/C20H23N3O3/c1-26-20(25)13-8-10-23(11-9-13)18-12-16(19(24)21-14-6-7-14)15-4-2-3-5-17(15)22-18/h2-5,12-14H,6-11H2,1H3,(H,21,24). The number of anilines is 1. The van der Waals surface area contributed by atoms with Crippen LogP contribution in [0.3, 0.4) is 0 Å². The summed E-state index contributed by atoms with van der Waals surface area (Å²) in [6, 6.07) is 9.95. The van der Waals surface area contributed by atoms with Gasteiger partial charge in [-0.05, 0) is 37.8 Å². The normalized spacial score (nSPS) is 18.0. The molecule has 0 atom stereocenters. The lowest BCUT2D eigenvalue weighted by atomic mass is 9.97. The molecule has 1 saturated carbocycles. The average Bonchev–Trinajstić information content (AvgIpc) is 3.50. The number of benzene rings is 1. The number of pyridine rings is 1. The maximum atomic E-state index is 12.7. The van der Waals surface area contributed by atoms with Gasteiger partial charge in [-0.2, -0.15) is 0 Å². The summed E-state index contributed by atoms with van der Waals surface area (Å²) in [7, 11) is 1.43. The number of para-hydroxylation sites is 1. The highest BCUT2D eigenvalue weighted by molar-refractivity contribution is 6.07. The molecule has 4 rings (SSSR count). The highest BCUT2D eigenvalue weighted by atomic mass is 16.5. The van der Waals surface area contributed by atoms with E-state index in [-0.39, 0.29) is 17.8 Å². The molecule has 1 aromatic carbocycles. The van der Waals surface area contributed by atoms with Gasteiger partial charge in [0.2, 0.25) is 0 Å². The quantitative estimate of drug-likeness (QED) is 0.855. The number of fused-ring (bicyclic) bond motifs is 1. The fourth-order valence-electron chi connectivity index (χ4n) is 3.51. The molecule has 1 aliphatic heterocycles. The Balaban J connectivity index is 1.61. The van der Waals surface area contributed by atoms with Crippen molar-refractivity contribution in [1.82, 2.24) is 10.3 Å². The van der Waals surface area contributed by atoms with E-state index < -0.39 is 0 Å². The minimum absolute atomic E-state index is 0.0307. The second-order valence-corrected chi connectivity index (χ2v) is 7.08. The van der Waals surface area contributed by atoms with Crippen molar-refractivity contribution >= 4 is 28.6 Å². The van der Waals surface area contributed by atoms with Crippen molar-refractivity contribution in [3.8, 4) is 0 Å². The van der Waals surface area contributed by atoms with Gasteiger partial charge in [-0.25, -0.2) is 4.98 Å². The fourth-order valence-corrected chi connectivity index (χ4v) is 3.51. The van der Waals surface area contributed by atoms with Gasteiger partial charge in [0, 0.05) is 24.5 Å². The molecule has 1 aliphatic carbocycles. The van der Waals surface area contributed by atoms with Gasteiger partial charge in [-0.1, -0.05) is 18.2 Å². The maximum absolute atomic E-state index is 12.7. The van der Waals surface area contributed by atoms with E-state index in [0.29, 0.717) is 11.6 Å². The van der Waals surface area contributed by atoms with Gasteiger partial charge in [-0.15, -0.1) is 0 Å². The van der Waals surface area contributed by atoms with Crippen LogP contribution in [0.1, 0.15) is 36.0 Å². The summed E-state index contributed by atoms with van der Waals surface area (Å²) in [6.45, 7) is 1.46. The Morgan fingerprint density at radius 2 is 1.88 bits per heavy atom. The summed E-state index contributed by atoms with van der Waals surface area (Å²) in [6.07, 6.45) is 3.60. The number of piperidine rings is 1. The Morgan fingerprint density at radius 3 is 2.58 bits per heavy atom. The van der Waals surface area contributed by atoms with E-state index in [1.165, 1.54) is 7.11 Å². The van der Waals surface area contributed by atoms with Crippen LogP contribution in [0, 0.1) is 5.92 Å². The third kappa shape index (κ3) is 3.36. The Morgan fingerprint density at radius 1 is 1.15 bits per heavy atom. The van der Waals surface area contributed by atoms with Crippen molar-refractivity contribution in [2.45, 2.75) is 31.7 Å². The van der Waals surface area contributed by atoms with Crippen LogP contribution in [0.5, 0.6) is 0 Å². The summed E-state index contributed by atoms with van der Waals surface area (Å²) in [4.78, 5) is 31.3. The largest absolute Gasteiger partial charge is 0.469 e. The number of rotatable bonds is 4. The predicted octanol–water partition coefficient (Wildman–Crippen LogP) is 2.52. The Hall–Kier alpha value is -2.63. The van der Waals surface area contributed by atoms with Gasteiger partial charge >= 0.3 is 5.97 Å². The number of ether oxygens (including phenoxy) is 1. The van der Waals surface area contributed by atoms with E-state index in [4.69, 9.17) is 9.72 Å². The van der Waals surface area contributed by atoms with Crippen LogP contribution in [0.4, 0.5) is 5.82 Å². The van der Waals surface area contributed by atoms with Crippen molar-refractivity contribution < 1.29 is 14.3 Å². The molecule has 2 heterocycles. The van der Waals surface area contributed by atoms with Gasteiger partial charge in [0.05, 0.1) is 24.1 Å². The molecule has 0 radical (unpaired) electrons. The van der Waals surface area contributed by atoms with Gasteiger partial charge in [-0.3, -0.25) is 9.59 Å². The first-order valence-electron chi connectivity index (χ1n) is 9.19. The van der Waals surface area contributed by atoms with Crippen LogP contribution in [-0.2, 0) is 9.53 Å². The second-order valence-electron chi connectivity index (χ2n) is 7.08. The number of methoxy groups -OCH3 is 1. The molecule has 6 heteroatoms. The third-order valence-electron chi connectivity index (χ3n) is 5.21. The monoisotopic (exact) mass is 353 g/mol. The molecule has 0 spiro atoms. The van der Waals surface area contributed by atoms with E-state index in [1.807, 2.05) is 30.3 Å². The van der Waals surface area contributed by atoms with E-state index in [9.17, 15) is 9.59 Å². The molecule has 6 nitrogen and oxygen atoms in total. The first-order valence-corrected chi connectivity index (χ1v) is 9.19. The number of hydrogen-bond acceptors (Lipinski definition) is 5.